The van der Waals surface area contributed by atoms with Crippen molar-refractivity contribution in [1.29, 1.82) is 10.5 Å². The molecule has 2 aliphatic heterocycles. The Morgan fingerprint density at radius 3 is 1.54 bits per heavy atom. The average molecular weight is 385 g/mol. The summed E-state index contributed by atoms with van der Waals surface area (Å²) in [6.07, 6.45) is 0. The lowest BCUT2D eigenvalue weighted by Gasteiger charge is -2.25. The fraction of sp³-hybridized carbons (Fsp3) is 0.444. The molecule has 0 saturated carbocycles. The summed E-state index contributed by atoms with van der Waals surface area (Å²) >= 11 is 8.53. The first kappa shape index (κ1) is 18.6. The molecule has 2 unspecified atom stereocenters. The number of anilines is 2. The van der Waals surface area contributed by atoms with Gasteiger partial charge in [-0.2, -0.15) is 35.8 Å². The fourth-order valence-corrected chi connectivity index (χ4v) is 3.71. The van der Waals surface area contributed by atoms with Gasteiger partial charge in [0, 0.05) is 36.0 Å². The van der Waals surface area contributed by atoms with E-state index in [0.717, 1.165) is 36.1 Å². The molecule has 0 spiro atoms. The SMILES string of the molecule is N#CC(CS)C1=NCCN1c1ccc(N2CCN=C2C(C#N)CS)cc1. The van der Waals surface area contributed by atoms with E-state index in [1.807, 2.05) is 24.3 Å². The predicted octanol–water partition coefficient (Wildman–Crippen LogP) is 2.26. The number of nitrogens with zero attached hydrogens (tertiary/aromatic N) is 6. The molecule has 1 aromatic rings. The topological polar surface area (TPSA) is 78.8 Å². The van der Waals surface area contributed by atoms with E-state index in [4.69, 9.17) is 0 Å². The fourth-order valence-electron chi connectivity index (χ4n) is 3.22. The minimum absolute atomic E-state index is 0.301. The number of rotatable bonds is 6. The van der Waals surface area contributed by atoms with E-state index >= 15 is 0 Å². The molecule has 0 N–H and O–H groups in total. The predicted molar refractivity (Wildman–Crippen MR) is 112 cm³/mol. The van der Waals surface area contributed by atoms with Crippen molar-refractivity contribution in [1.82, 2.24) is 0 Å². The molecular formula is C18H20N6S2. The first-order chi connectivity index (χ1) is 12.7. The zero-order chi connectivity index (χ0) is 18.5. The molecule has 0 fully saturated rings. The number of hydrogen-bond donors (Lipinski definition) is 2. The lowest BCUT2D eigenvalue weighted by Crippen LogP contribution is -2.34. The molecule has 0 bridgehead atoms. The van der Waals surface area contributed by atoms with Crippen LogP contribution < -0.4 is 9.80 Å². The van der Waals surface area contributed by atoms with Crippen LogP contribution in [0.5, 0.6) is 0 Å². The quantitative estimate of drug-likeness (QED) is 0.738. The normalized spacial score (nSPS) is 18.8. The third-order valence-corrected chi connectivity index (χ3v) is 5.25. The van der Waals surface area contributed by atoms with Crippen molar-refractivity contribution in [2.45, 2.75) is 0 Å². The highest BCUT2D eigenvalue weighted by Crippen LogP contribution is 2.27. The van der Waals surface area contributed by atoms with Crippen molar-refractivity contribution >= 4 is 48.3 Å². The van der Waals surface area contributed by atoms with E-state index in [1.54, 1.807) is 0 Å². The zero-order valence-corrected chi connectivity index (χ0v) is 16.1. The lowest BCUT2D eigenvalue weighted by molar-refractivity contribution is 0.974. The molecule has 134 valence electrons. The molecule has 3 rings (SSSR count). The highest BCUT2D eigenvalue weighted by atomic mass is 32.1. The molecule has 0 radical (unpaired) electrons. The van der Waals surface area contributed by atoms with Crippen LogP contribution in [0.25, 0.3) is 0 Å². The molecule has 26 heavy (non-hydrogen) atoms. The van der Waals surface area contributed by atoms with Gasteiger partial charge in [0.15, 0.2) is 0 Å². The smallest absolute Gasteiger partial charge is 0.122 e. The third kappa shape index (κ3) is 3.53. The van der Waals surface area contributed by atoms with Gasteiger partial charge in [0.05, 0.1) is 25.2 Å². The second kappa shape index (κ2) is 8.48. The largest absolute Gasteiger partial charge is 0.327 e. The molecule has 1 aromatic carbocycles. The molecular weight excluding hydrogens is 364 g/mol. The van der Waals surface area contributed by atoms with Gasteiger partial charge in [-0.05, 0) is 24.3 Å². The first-order valence-corrected chi connectivity index (χ1v) is 9.74. The second-order valence-corrected chi connectivity index (χ2v) is 6.76. The van der Waals surface area contributed by atoms with Crippen molar-refractivity contribution in [2.75, 3.05) is 47.5 Å². The van der Waals surface area contributed by atoms with Crippen LogP contribution in [-0.4, -0.2) is 49.4 Å². The number of hydrogen-bond acceptors (Lipinski definition) is 8. The van der Waals surface area contributed by atoms with Gasteiger partial charge in [-0.15, -0.1) is 0 Å². The number of benzene rings is 1. The molecule has 2 aliphatic rings. The van der Waals surface area contributed by atoms with Crippen molar-refractivity contribution in [2.24, 2.45) is 21.8 Å². The Labute approximate surface area is 164 Å². The van der Waals surface area contributed by atoms with Crippen LogP contribution in [0.2, 0.25) is 0 Å². The van der Waals surface area contributed by atoms with E-state index < -0.39 is 0 Å². The van der Waals surface area contributed by atoms with Crippen molar-refractivity contribution in [3.05, 3.63) is 24.3 Å². The van der Waals surface area contributed by atoms with Crippen LogP contribution in [0.3, 0.4) is 0 Å². The minimum Gasteiger partial charge on any atom is -0.327 e. The Morgan fingerprint density at radius 1 is 0.846 bits per heavy atom. The Hall–Kier alpha value is -2.16. The average Bonchev–Trinajstić information content (AvgIpc) is 3.34. The van der Waals surface area contributed by atoms with Crippen molar-refractivity contribution < 1.29 is 0 Å². The van der Waals surface area contributed by atoms with Crippen LogP contribution in [0.1, 0.15) is 0 Å². The highest BCUT2D eigenvalue weighted by molar-refractivity contribution is 7.80. The highest BCUT2D eigenvalue weighted by Gasteiger charge is 2.28. The molecule has 0 saturated heterocycles. The van der Waals surface area contributed by atoms with E-state index in [2.05, 4.69) is 57.2 Å². The van der Waals surface area contributed by atoms with E-state index in [-0.39, 0.29) is 11.8 Å². The summed E-state index contributed by atoms with van der Waals surface area (Å²) in [6.45, 7) is 2.93. The van der Waals surface area contributed by atoms with Crippen LogP contribution >= 0.6 is 25.3 Å². The number of amidine groups is 2. The number of aliphatic imine (C=N–C) groups is 2. The summed E-state index contributed by atoms with van der Waals surface area (Å²) in [6, 6.07) is 12.7. The maximum Gasteiger partial charge on any atom is 0.122 e. The van der Waals surface area contributed by atoms with Crippen LogP contribution in [0, 0.1) is 34.5 Å². The summed E-state index contributed by atoms with van der Waals surface area (Å²) in [7, 11) is 0. The van der Waals surface area contributed by atoms with Gasteiger partial charge in [-0.25, -0.2) is 0 Å². The standard InChI is InChI=1S/C18H20N6S2/c19-9-13(11-25)17-21-5-7-23(17)15-1-2-16(4-3-15)24-8-6-22-18(24)14(10-20)12-26/h1-4,13-14,25-26H,5-8,11-12H2. The van der Waals surface area contributed by atoms with Crippen LogP contribution in [0.15, 0.2) is 34.3 Å². The van der Waals surface area contributed by atoms with Crippen LogP contribution in [0.4, 0.5) is 11.4 Å². The number of nitriles is 2. The van der Waals surface area contributed by atoms with Gasteiger partial charge >= 0.3 is 0 Å². The van der Waals surface area contributed by atoms with E-state index in [0.29, 0.717) is 24.6 Å². The van der Waals surface area contributed by atoms with Gasteiger partial charge in [0.1, 0.15) is 23.5 Å². The lowest BCUT2D eigenvalue weighted by atomic mass is 10.1. The summed E-state index contributed by atoms with van der Waals surface area (Å²) in [5, 5.41) is 18.6. The van der Waals surface area contributed by atoms with Gasteiger partial charge < -0.3 is 9.80 Å². The maximum absolute atomic E-state index is 9.31. The molecule has 2 atom stereocenters. The Kier molecular flexibility index (Phi) is 6.08. The molecule has 6 nitrogen and oxygen atoms in total. The molecule has 0 amide bonds. The molecule has 8 heteroatoms. The van der Waals surface area contributed by atoms with Crippen molar-refractivity contribution in [3.63, 3.8) is 0 Å². The van der Waals surface area contributed by atoms with E-state index in [1.165, 1.54) is 0 Å². The monoisotopic (exact) mass is 384 g/mol. The van der Waals surface area contributed by atoms with Crippen molar-refractivity contribution in [3.8, 4) is 12.1 Å². The molecule has 0 aromatic heterocycles. The van der Waals surface area contributed by atoms with Gasteiger partial charge in [-0.1, -0.05) is 0 Å². The van der Waals surface area contributed by atoms with Crippen LogP contribution in [-0.2, 0) is 0 Å². The Morgan fingerprint density at radius 2 is 1.23 bits per heavy atom. The summed E-state index contributed by atoms with van der Waals surface area (Å²) < 4.78 is 0. The number of thiol groups is 2. The summed E-state index contributed by atoms with van der Waals surface area (Å²) in [5.41, 5.74) is 2.02. The molecule has 2 heterocycles. The molecule has 0 aliphatic carbocycles. The minimum atomic E-state index is -0.301. The summed E-state index contributed by atoms with van der Waals surface area (Å²) in [4.78, 5) is 13.1. The zero-order valence-electron chi connectivity index (χ0n) is 14.3. The Balaban J connectivity index is 1.80. The summed E-state index contributed by atoms with van der Waals surface area (Å²) in [5.74, 6) is 1.89. The van der Waals surface area contributed by atoms with Gasteiger partial charge in [-0.3, -0.25) is 9.98 Å². The Bertz CT molecular complexity index is 722. The first-order valence-electron chi connectivity index (χ1n) is 8.48. The van der Waals surface area contributed by atoms with Gasteiger partial charge in [0.2, 0.25) is 0 Å². The third-order valence-electron chi connectivity index (χ3n) is 4.52. The van der Waals surface area contributed by atoms with E-state index in [9.17, 15) is 10.5 Å². The second-order valence-electron chi connectivity index (χ2n) is 6.03. The maximum atomic E-state index is 9.31. The van der Waals surface area contributed by atoms with Gasteiger partial charge in [0.25, 0.3) is 0 Å².